The number of pyridine rings is 1. The standard InChI is InChI=1S/C10H16N2S/c1-2-3-4-7-13-9-5-6-12-10(11)8-9/h5-6,8H,2-4,7H2,1H3,(H2,11,12). The number of hydrogen-bond donors (Lipinski definition) is 1. The van der Waals surface area contributed by atoms with Gasteiger partial charge in [0.25, 0.3) is 0 Å². The summed E-state index contributed by atoms with van der Waals surface area (Å²) in [7, 11) is 0. The Morgan fingerprint density at radius 2 is 2.31 bits per heavy atom. The molecule has 0 spiro atoms. The Morgan fingerprint density at radius 1 is 1.46 bits per heavy atom. The topological polar surface area (TPSA) is 38.9 Å². The minimum absolute atomic E-state index is 0.612. The van der Waals surface area contributed by atoms with Crippen LogP contribution in [0.4, 0.5) is 5.82 Å². The van der Waals surface area contributed by atoms with Crippen LogP contribution in [-0.4, -0.2) is 10.7 Å². The minimum Gasteiger partial charge on any atom is -0.384 e. The normalized spacial score (nSPS) is 10.2. The molecule has 0 aliphatic rings. The maximum absolute atomic E-state index is 5.56. The summed E-state index contributed by atoms with van der Waals surface area (Å²) in [6.45, 7) is 2.22. The molecule has 0 saturated heterocycles. The molecule has 1 heterocycles. The van der Waals surface area contributed by atoms with Gasteiger partial charge in [0.1, 0.15) is 5.82 Å². The lowest BCUT2D eigenvalue weighted by Gasteiger charge is -2.00. The van der Waals surface area contributed by atoms with E-state index >= 15 is 0 Å². The van der Waals surface area contributed by atoms with Gasteiger partial charge in [-0.25, -0.2) is 4.98 Å². The van der Waals surface area contributed by atoms with Crippen molar-refractivity contribution in [1.29, 1.82) is 0 Å². The minimum atomic E-state index is 0.612. The molecule has 13 heavy (non-hydrogen) atoms. The lowest BCUT2D eigenvalue weighted by Crippen LogP contribution is -1.89. The molecule has 0 aliphatic heterocycles. The van der Waals surface area contributed by atoms with Crippen molar-refractivity contribution in [3.63, 3.8) is 0 Å². The molecule has 2 N–H and O–H groups in total. The Labute approximate surface area is 83.9 Å². The van der Waals surface area contributed by atoms with Crippen LogP contribution < -0.4 is 5.73 Å². The summed E-state index contributed by atoms with van der Waals surface area (Å²) in [6.07, 6.45) is 5.63. The quantitative estimate of drug-likeness (QED) is 0.581. The molecule has 1 aromatic heterocycles. The van der Waals surface area contributed by atoms with Crippen LogP contribution in [0.25, 0.3) is 0 Å². The van der Waals surface area contributed by atoms with Crippen LogP contribution in [0.3, 0.4) is 0 Å². The molecule has 0 unspecified atom stereocenters. The van der Waals surface area contributed by atoms with Gasteiger partial charge in [0.2, 0.25) is 0 Å². The summed E-state index contributed by atoms with van der Waals surface area (Å²) in [5, 5.41) is 0. The predicted octanol–water partition coefficient (Wildman–Crippen LogP) is 2.95. The monoisotopic (exact) mass is 196 g/mol. The lowest BCUT2D eigenvalue weighted by atomic mass is 10.3. The van der Waals surface area contributed by atoms with Crippen molar-refractivity contribution in [1.82, 2.24) is 4.98 Å². The molecular weight excluding hydrogens is 180 g/mol. The zero-order valence-electron chi connectivity index (χ0n) is 7.99. The molecule has 1 aromatic rings. The molecule has 72 valence electrons. The van der Waals surface area contributed by atoms with Crippen molar-refractivity contribution in [2.45, 2.75) is 31.1 Å². The average Bonchev–Trinajstić information content (AvgIpc) is 2.13. The summed E-state index contributed by atoms with van der Waals surface area (Å²) in [5.74, 6) is 1.79. The summed E-state index contributed by atoms with van der Waals surface area (Å²) < 4.78 is 0. The van der Waals surface area contributed by atoms with Gasteiger partial charge in [-0.1, -0.05) is 19.8 Å². The number of aromatic nitrogens is 1. The van der Waals surface area contributed by atoms with Crippen molar-refractivity contribution in [3.8, 4) is 0 Å². The lowest BCUT2D eigenvalue weighted by molar-refractivity contribution is 0.778. The first-order valence-corrected chi connectivity index (χ1v) is 5.66. The summed E-state index contributed by atoms with van der Waals surface area (Å²) in [4.78, 5) is 5.17. The van der Waals surface area contributed by atoms with Crippen molar-refractivity contribution < 1.29 is 0 Å². The van der Waals surface area contributed by atoms with E-state index < -0.39 is 0 Å². The van der Waals surface area contributed by atoms with Crippen molar-refractivity contribution in [2.24, 2.45) is 0 Å². The molecule has 0 amide bonds. The number of nitrogen functional groups attached to an aromatic ring is 1. The first-order valence-electron chi connectivity index (χ1n) is 4.67. The van der Waals surface area contributed by atoms with Gasteiger partial charge in [-0.05, 0) is 24.3 Å². The third-order valence-electron chi connectivity index (χ3n) is 1.77. The highest BCUT2D eigenvalue weighted by Gasteiger charge is 1.94. The first kappa shape index (κ1) is 10.4. The molecule has 0 bridgehead atoms. The molecule has 0 radical (unpaired) electrons. The maximum atomic E-state index is 5.56. The highest BCUT2D eigenvalue weighted by Crippen LogP contribution is 2.20. The highest BCUT2D eigenvalue weighted by atomic mass is 32.2. The molecule has 0 aliphatic carbocycles. The number of thioether (sulfide) groups is 1. The van der Waals surface area contributed by atoms with Gasteiger partial charge in [-0.2, -0.15) is 0 Å². The fourth-order valence-corrected chi connectivity index (χ4v) is 2.01. The Kier molecular flexibility index (Phi) is 4.68. The third kappa shape index (κ3) is 4.18. The van der Waals surface area contributed by atoms with E-state index in [0.717, 1.165) is 0 Å². The van der Waals surface area contributed by atoms with E-state index in [2.05, 4.69) is 11.9 Å². The Bertz CT molecular complexity index is 250. The second-order valence-corrected chi connectivity index (χ2v) is 4.14. The molecule has 2 nitrogen and oxygen atoms in total. The van der Waals surface area contributed by atoms with E-state index in [-0.39, 0.29) is 0 Å². The van der Waals surface area contributed by atoms with Crippen LogP contribution in [0, 0.1) is 0 Å². The fraction of sp³-hybridized carbons (Fsp3) is 0.500. The van der Waals surface area contributed by atoms with E-state index in [1.807, 2.05) is 23.9 Å². The molecule has 3 heteroatoms. The van der Waals surface area contributed by atoms with E-state index in [1.54, 1.807) is 6.20 Å². The van der Waals surface area contributed by atoms with Crippen LogP contribution in [0.2, 0.25) is 0 Å². The smallest absolute Gasteiger partial charge is 0.124 e. The average molecular weight is 196 g/mol. The Morgan fingerprint density at radius 3 is 3.00 bits per heavy atom. The first-order chi connectivity index (χ1) is 6.33. The number of nitrogens with two attached hydrogens (primary N) is 1. The van der Waals surface area contributed by atoms with Gasteiger partial charge in [-0.15, -0.1) is 11.8 Å². The molecule has 0 fully saturated rings. The third-order valence-corrected chi connectivity index (χ3v) is 2.85. The van der Waals surface area contributed by atoms with E-state index in [1.165, 1.54) is 29.9 Å². The second-order valence-electron chi connectivity index (χ2n) is 2.97. The number of unbranched alkanes of at least 4 members (excludes halogenated alkanes) is 2. The Balaban J connectivity index is 2.28. The van der Waals surface area contributed by atoms with Crippen LogP contribution in [0.15, 0.2) is 23.2 Å². The van der Waals surface area contributed by atoms with Gasteiger partial charge in [0.15, 0.2) is 0 Å². The van der Waals surface area contributed by atoms with Crippen molar-refractivity contribution in [3.05, 3.63) is 18.3 Å². The zero-order chi connectivity index (χ0) is 9.52. The molecule has 0 atom stereocenters. The Hall–Kier alpha value is -0.700. The van der Waals surface area contributed by atoms with E-state index in [4.69, 9.17) is 5.73 Å². The maximum Gasteiger partial charge on any atom is 0.124 e. The van der Waals surface area contributed by atoms with E-state index in [9.17, 15) is 0 Å². The van der Waals surface area contributed by atoms with Crippen molar-refractivity contribution in [2.75, 3.05) is 11.5 Å². The summed E-state index contributed by atoms with van der Waals surface area (Å²) in [6, 6.07) is 3.93. The van der Waals surface area contributed by atoms with Crippen LogP contribution >= 0.6 is 11.8 Å². The fourth-order valence-electron chi connectivity index (χ4n) is 1.06. The van der Waals surface area contributed by atoms with Gasteiger partial charge < -0.3 is 5.73 Å². The number of hydrogen-bond acceptors (Lipinski definition) is 3. The molecule has 0 aromatic carbocycles. The molecular formula is C10H16N2S. The second kappa shape index (κ2) is 5.86. The number of nitrogens with zero attached hydrogens (tertiary/aromatic N) is 1. The number of anilines is 1. The van der Waals surface area contributed by atoms with Crippen molar-refractivity contribution >= 4 is 17.6 Å². The van der Waals surface area contributed by atoms with E-state index in [0.29, 0.717) is 5.82 Å². The molecule has 0 saturated carbocycles. The van der Waals surface area contributed by atoms with Crippen LogP contribution in [0.5, 0.6) is 0 Å². The van der Waals surface area contributed by atoms with Gasteiger partial charge in [0.05, 0.1) is 0 Å². The predicted molar refractivity (Wildman–Crippen MR) is 58.9 cm³/mol. The van der Waals surface area contributed by atoms with Crippen LogP contribution in [0.1, 0.15) is 26.2 Å². The van der Waals surface area contributed by atoms with Gasteiger partial charge in [0, 0.05) is 11.1 Å². The van der Waals surface area contributed by atoms with Gasteiger partial charge >= 0.3 is 0 Å². The van der Waals surface area contributed by atoms with Gasteiger partial charge in [-0.3, -0.25) is 0 Å². The SMILES string of the molecule is CCCCCSc1ccnc(N)c1. The largest absolute Gasteiger partial charge is 0.384 e. The summed E-state index contributed by atoms with van der Waals surface area (Å²) in [5.41, 5.74) is 5.56. The molecule has 1 rings (SSSR count). The zero-order valence-corrected chi connectivity index (χ0v) is 8.81. The number of rotatable bonds is 5. The highest BCUT2D eigenvalue weighted by molar-refractivity contribution is 7.99. The van der Waals surface area contributed by atoms with Crippen LogP contribution in [-0.2, 0) is 0 Å². The summed E-state index contributed by atoms with van der Waals surface area (Å²) >= 11 is 1.85.